The zero-order valence-corrected chi connectivity index (χ0v) is 18.4. The Morgan fingerprint density at radius 1 is 0.903 bits per heavy atom. The quantitative estimate of drug-likeness (QED) is 0.444. The average Bonchev–Trinajstić information content (AvgIpc) is 2.80. The number of quaternary nitrogens is 2. The van der Waals surface area contributed by atoms with Gasteiger partial charge in [0.15, 0.2) is 6.54 Å². The first-order valence-corrected chi connectivity index (χ1v) is 10.8. The Morgan fingerprint density at radius 2 is 1.55 bits per heavy atom. The highest BCUT2D eigenvalue weighted by Crippen LogP contribution is 2.10. The fourth-order valence-electron chi connectivity index (χ4n) is 4.00. The van der Waals surface area contributed by atoms with E-state index >= 15 is 0 Å². The molecule has 0 aliphatic carbocycles. The lowest BCUT2D eigenvalue weighted by Crippen LogP contribution is -3.28. The molecule has 166 valence electrons. The molecule has 1 amide bonds. The summed E-state index contributed by atoms with van der Waals surface area (Å²) in [5.41, 5.74) is 2.28. The topological polar surface area (TPSA) is 73.5 Å². The molecule has 1 atom stereocenters. The van der Waals surface area contributed by atoms with Crippen molar-refractivity contribution in [1.82, 2.24) is 5.32 Å². The van der Waals surface area contributed by atoms with Gasteiger partial charge < -0.3 is 24.6 Å². The zero-order chi connectivity index (χ0) is 22.1. The van der Waals surface area contributed by atoms with Crippen molar-refractivity contribution in [2.24, 2.45) is 0 Å². The number of benzene rings is 2. The number of rotatable bonds is 9. The van der Waals surface area contributed by atoms with Crippen LogP contribution in [0.5, 0.6) is 5.75 Å². The van der Waals surface area contributed by atoms with Crippen molar-refractivity contribution in [3.8, 4) is 5.75 Å². The molecule has 0 aromatic heterocycles. The van der Waals surface area contributed by atoms with Crippen LogP contribution in [0.1, 0.15) is 11.1 Å². The van der Waals surface area contributed by atoms with Gasteiger partial charge in [0.25, 0.3) is 5.91 Å². The maximum atomic E-state index is 12.6. The van der Waals surface area contributed by atoms with Crippen LogP contribution in [-0.2, 0) is 27.3 Å². The van der Waals surface area contributed by atoms with E-state index in [1.807, 2.05) is 42.5 Å². The van der Waals surface area contributed by atoms with Crippen LogP contribution in [0.15, 0.2) is 54.6 Å². The highest BCUT2D eigenvalue weighted by atomic mass is 16.5. The number of carbonyl (C=O) groups is 2. The summed E-state index contributed by atoms with van der Waals surface area (Å²) < 4.78 is 10.1. The molecule has 1 aliphatic rings. The number of hydrogen-bond acceptors (Lipinski definition) is 4. The fraction of sp³-hybridized carbons (Fsp3) is 0.417. The predicted molar refractivity (Wildman–Crippen MR) is 117 cm³/mol. The van der Waals surface area contributed by atoms with Gasteiger partial charge in [-0.3, -0.25) is 4.79 Å². The summed E-state index contributed by atoms with van der Waals surface area (Å²) in [7, 11) is 3.02. The molecule has 1 aliphatic heterocycles. The highest BCUT2D eigenvalue weighted by Gasteiger charge is 2.27. The molecule has 0 radical (unpaired) electrons. The van der Waals surface area contributed by atoms with E-state index in [1.165, 1.54) is 22.5 Å². The maximum Gasteiger partial charge on any atom is 0.328 e. The third-order valence-corrected chi connectivity index (χ3v) is 5.79. The Labute approximate surface area is 183 Å². The summed E-state index contributed by atoms with van der Waals surface area (Å²) in [6, 6.07) is 17.2. The van der Waals surface area contributed by atoms with Crippen LogP contribution >= 0.6 is 0 Å². The summed E-state index contributed by atoms with van der Waals surface area (Å²) in [5, 5.41) is 2.87. The second kappa shape index (κ2) is 11.5. The molecule has 1 saturated heterocycles. The molecular weight excluding hydrogens is 394 g/mol. The van der Waals surface area contributed by atoms with E-state index in [-0.39, 0.29) is 5.91 Å². The lowest BCUT2D eigenvalue weighted by atomic mass is 10.1. The van der Waals surface area contributed by atoms with Crippen molar-refractivity contribution in [3.05, 3.63) is 65.7 Å². The van der Waals surface area contributed by atoms with Crippen LogP contribution in [0.25, 0.3) is 0 Å². The molecule has 0 bridgehead atoms. The molecule has 2 aromatic carbocycles. The largest absolute Gasteiger partial charge is 0.497 e. The molecule has 1 heterocycles. The summed E-state index contributed by atoms with van der Waals surface area (Å²) in [6.45, 7) is 5.24. The van der Waals surface area contributed by atoms with Gasteiger partial charge in [-0.05, 0) is 29.8 Å². The molecule has 7 nitrogen and oxygen atoms in total. The Balaban J connectivity index is 1.45. The van der Waals surface area contributed by atoms with E-state index in [2.05, 4.69) is 17.4 Å². The number of esters is 1. The van der Waals surface area contributed by atoms with Gasteiger partial charge in [-0.1, -0.05) is 30.3 Å². The van der Waals surface area contributed by atoms with E-state index in [1.54, 1.807) is 7.11 Å². The molecule has 31 heavy (non-hydrogen) atoms. The molecule has 1 fully saturated rings. The Morgan fingerprint density at radius 3 is 2.16 bits per heavy atom. The third-order valence-electron chi connectivity index (χ3n) is 5.79. The average molecular weight is 428 g/mol. The van der Waals surface area contributed by atoms with Crippen molar-refractivity contribution in [2.75, 3.05) is 46.9 Å². The summed E-state index contributed by atoms with van der Waals surface area (Å²) in [5.74, 6) is 0.345. The van der Waals surface area contributed by atoms with Crippen molar-refractivity contribution in [1.29, 1.82) is 0 Å². The molecule has 3 N–H and O–H groups in total. The van der Waals surface area contributed by atoms with Crippen LogP contribution < -0.4 is 19.9 Å². The van der Waals surface area contributed by atoms with Gasteiger partial charge in [0.1, 0.15) is 44.5 Å². The van der Waals surface area contributed by atoms with Crippen LogP contribution in [0.4, 0.5) is 0 Å². The van der Waals surface area contributed by atoms with Gasteiger partial charge in [0.2, 0.25) is 0 Å². The number of hydrogen-bond donors (Lipinski definition) is 3. The first-order valence-electron chi connectivity index (χ1n) is 10.8. The van der Waals surface area contributed by atoms with E-state index in [0.29, 0.717) is 13.0 Å². The molecular formula is C24H33N3O4+2. The number of carbonyl (C=O) groups excluding carboxylic acids is 2. The molecule has 3 rings (SSSR count). The van der Waals surface area contributed by atoms with Crippen LogP contribution in [0.3, 0.4) is 0 Å². The number of ether oxygens (including phenoxy) is 2. The number of piperazine rings is 1. The Hall–Kier alpha value is -2.90. The second-order valence-electron chi connectivity index (χ2n) is 8.03. The van der Waals surface area contributed by atoms with Crippen LogP contribution in [0.2, 0.25) is 0 Å². The van der Waals surface area contributed by atoms with Crippen molar-refractivity contribution in [2.45, 2.75) is 19.0 Å². The number of amides is 1. The van der Waals surface area contributed by atoms with Gasteiger partial charge in [-0.2, -0.15) is 0 Å². The molecule has 0 unspecified atom stereocenters. The first-order chi connectivity index (χ1) is 15.1. The smallest absolute Gasteiger partial charge is 0.328 e. The molecule has 7 heteroatoms. The zero-order valence-electron chi connectivity index (χ0n) is 18.4. The summed E-state index contributed by atoms with van der Waals surface area (Å²) in [6.07, 6.45) is 0.425. The van der Waals surface area contributed by atoms with Crippen LogP contribution in [-0.4, -0.2) is 64.9 Å². The van der Waals surface area contributed by atoms with Gasteiger partial charge in [0.05, 0.1) is 14.2 Å². The minimum atomic E-state index is -0.665. The van der Waals surface area contributed by atoms with Gasteiger partial charge in [-0.25, -0.2) is 4.79 Å². The van der Waals surface area contributed by atoms with E-state index in [4.69, 9.17) is 9.47 Å². The predicted octanol–water partition coefficient (Wildman–Crippen LogP) is -1.12. The number of nitrogens with one attached hydrogen (secondary N) is 3. The van der Waals surface area contributed by atoms with Gasteiger partial charge >= 0.3 is 5.97 Å². The van der Waals surface area contributed by atoms with Crippen molar-refractivity contribution >= 4 is 11.9 Å². The van der Waals surface area contributed by atoms with E-state index in [9.17, 15) is 9.59 Å². The monoisotopic (exact) mass is 427 g/mol. The number of methoxy groups -OCH3 is 2. The normalized spacial score (nSPS) is 19.3. The SMILES string of the molecule is COC(=O)[C@@H](Cc1ccccc1)NC(=O)C[NH+]1CC[NH+](Cc2ccc(OC)cc2)CC1. The Kier molecular flexibility index (Phi) is 8.44. The van der Waals surface area contributed by atoms with Gasteiger partial charge in [-0.15, -0.1) is 0 Å². The van der Waals surface area contributed by atoms with Crippen LogP contribution in [0, 0.1) is 0 Å². The second-order valence-corrected chi connectivity index (χ2v) is 8.03. The molecule has 0 spiro atoms. The fourth-order valence-corrected chi connectivity index (χ4v) is 4.00. The summed E-state index contributed by atoms with van der Waals surface area (Å²) in [4.78, 5) is 27.5. The standard InChI is InChI=1S/C24H31N3O4/c1-30-21-10-8-20(9-11-21)17-26-12-14-27(15-13-26)18-23(28)25-22(24(29)31-2)16-19-6-4-3-5-7-19/h3-11,22H,12-18H2,1-2H3,(H,25,28)/p+2/t22-/m1/s1. The lowest BCUT2D eigenvalue weighted by molar-refractivity contribution is -1.02. The van der Waals surface area contributed by atoms with E-state index in [0.717, 1.165) is 44.0 Å². The molecule has 0 saturated carbocycles. The van der Waals surface area contributed by atoms with E-state index < -0.39 is 12.0 Å². The summed E-state index contributed by atoms with van der Waals surface area (Å²) >= 11 is 0. The minimum absolute atomic E-state index is 0.111. The highest BCUT2D eigenvalue weighted by molar-refractivity contribution is 5.85. The first kappa shape index (κ1) is 22.8. The Bertz CT molecular complexity index is 834. The lowest BCUT2D eigenvalue weighted by Gasteiger charge is -2.29. The van der Waals surface area contributed by atoms with Crippen molar-refractivity contribution in [3.63, 3.8) is 0 Å². The minimum Gasteiger partial charge on any atom is -0.497 e. The van der Waals surface area contributed by atoms with Crippen molar-refractivity contribution < 1.29 is 28.9 Å². The third kappa shape index (κ3) is 7.08. The maximum absolute atomic E-state index is 12.6. The molecule has 2 aromatic rings. The van der Waals surface area contributed by atoms with Gasteiger partial charge in [0, 0.05) is 12.0 Å².